The standard InChI is InChI=1S/C28H41N7O/c1-2-3-5-10-23-13-15-24(16-14-23)27(36)29-17-20-35-22-26(32-33-35)12-7-4-6-11-25-21-30-28(31-25)34-18-8-9-19-34/h13-16,21-22H,2-12,17-20H2,1H3,(H,29,36)(H,30,31). The Morgan fingerprint density at radius 2 is 1.78 bits per heavy atom. The number of hydrogen-bond acceptors (Lipinski definition) is 5. The Morgan fingerprint density at radius 3 is 2.58 bits per heavy atom. The van der Waals surface area contributed by atoms with E-state index in [-0.39, 0.29) is 5.91 Å². The molecular weight excluding hydrogens is 450 g/mol. The van der Waals surface area contributed by atoms with E-state index in [2.05, 4.69) is 49.6 Å². The zero-order valence-corrected chi connectivity index (χ0v) is 21.7. The van der Waals surface area contributed by atoms with E-state index in [0.717, 1.165) is 63.3 Å². The van der Waals surface area contributed by atoms with E-state index in [1.54, 1.807) is 0 Å². The largest absolute Gasteiger partial charge is 0.350 e. The summed E-state index contributed by atoms with van der Waals surface area (Å²) in [5.41, 5.74) is 4.24. The van der Waals surface area contributed by atoms with Gasteiger partial charge in [0.05, 0.1) is 18.4 Å². The van der Waals surface area contributed by atoms with Crippen LogP contribution >= 0.6 is 0 Å². The van der Waals surface area contributed by atoms with Gasteiger partial charge in [0.2, 0.25) is 5.95 Å². The van der Waals surface area contributed by atoms with Gasteiger partial charge < -0.3 is 15.2 Å². The molecule has 1 aliphatic heterocycles. The van der Waals surface area contributed by atoms with Gasteiger partial charge in [-0.2, -0.15) is 0 Å². The topological polar surface area (TPSA) is 91.7 Å². The number of benzene rings is 1. The lowest BCUT2D eigenvalue weighted by Crippen LogP contribution is -2.27. The number of aromatic amines is 1. The van der Waals surface area contributed by atoms with Crippen LogP contribution in [0.15, 0.2) is 36.7 Å². The van der Waals surface area contributed by atoms with E-state index in [1.807, 2.05) is 29.2 Å². The number of rotatable bonds is 15. The number of hydrogen-bond donors (Lipinski definition) is 2. The molecule has 0 atom stereocenters. The fraction of sp³-hybridized carbons (Fsp3) is 0.571. The smallest absolute Gasteiger partial charge is 0.251 e. The third kappa shape index (κ3) is 7.93. The van der Waals surface area contributed by atoms with Gasteiger partial charge in [0.1, 0.15) is 0 Å². The van der Waals surface area contributed by atoms with E-state index in [9.17, 15) is 4.79 Å². The van der Waals surface area contributed by atoms with Gasteiger partial charge >= 0.3 is 0 Å². The highest BCUT2D eigenvalue weighted by molar-refractivity contribution is 5.94. The maximum Gasteiger partial charge on any atom is 0.251 e. The lowest BCUT2D eigenvalue weighted by molar-refractivity contribution is 0.0952. The molecule has 36 heavy (non-hydrogen) atoms. The van der Waals surface area contributed by atoms with Crippen LogP contribution in [-0.2, 0) is 25.8 Å². The molecule has 4 rings (SSSR count). The van der Waals surface area contributed by atoms with Gasteiger partial charge in [-0.1, -0.05) is 43.5 Å². The zero-order valence-electron chi connectivity index (χ0n) is 21.7. The van der Waals surface area contributed by atoms with Crippen LogP contribution in [0, 0.1) is 0 Å². The Kier molecular flexibility index (Phi) is 9.94. The highest BCUT2D eigenvalue weighted by Gasteiger charge is 2.15. The van der Waals surface area contributed by atoms with E-state index in [1.165, 1.54) is 43.4 Å². The average molecular weight is 492 g/mol. The number of aryl methyl sites for hydroxylation is 3. The molecule has 1 aromatic carbocycles. The molecule has 1 aliphatic rings. The van der Waals surface area contributed by atoms with Crippen LogP contribution in [0.25, 0.3) is 0 Å². The lowest BCUT2D eigenvalue weighted by Gasteiger charge is -2.12. The third-order valence-electron chi connectivity index (χ3n) is 6.90. The van der Waals surface area contributed by atoms with Crippen LogP contribution in [-0.4, -0.2) is 50.5 Å². The summed E-state index contributed by atoms with van der Waals surface area (Å²) in [5.74, 6) is 0.992. The number of carbonyl (C=O) groups excluding carboxylic acids is 1. The summed E-state index contributed by atoms with van der Waals surface area (Å²) in [6.45, 7) is 5.60. The van der Waals surface area contributed by atoms with Crippen molar-refractivity contribution in [3.05, 3.63) is 59.2 Å². The van der Waals surface area contributed by atoms with Crippen LogP contribution in [0.4, 0.5) is 5.95 Å². The molecule has 0 radical (unpaired) electrons. The van der Waals surface area contributed by atoms with E-state index < -0.39 is 0 Å². The molecule has 1 saturated heterocycles. The molecule has 0 unspecified atom stereocenters. The monoisotopic (exact) mass is 491 g/mol. The highest BCUT2D eigenvalue weighted by atomic mass is 16.1. The van der Waals surface area contributed by atoms with Gasteiger partial charge in [-0.3, -0.25) is 9.48 Å². The lowest BCUT2D eigenvalue weighted by atomic mass is 10.1. The van der Waals surface area contributed by atoms with Crippen molar-refractivity contribution < 1.29 is 4.79 Å². The number of carbonyl (C=O) groups is 1. The first-order valence-corrected chi connectivity index (χ1v) is 13.8. The second-order valence-electron chi connectivity index (χ2n) is 9.87. The maximum atomic E-state index is 12.4. The number of imidazole rings is 1. The molecule has 0 saturated carbocycles. The number of anilines is 1. The molecule has 1 amide bonds. The fourth-order valence-corrected chi connectivity index (χ4v) is 4.71. The molecular formula is C28H41N7O. The van der Waals surface area contributed by atoms with Gasteiger partial charge in [-0.15, -0.1) is 5.10 Å². The van der Waals surface area contributed by atoms with E-state index in [4.69, 9.17) is 0 Å². The molecule has 194 valence electrons. The third-order valence-corrected chi connectivity index (χ3v) is 6.90. The maximum absolute atomic E-state index is 12.4. The summed E-state index contributed by atoms with van der Waals surface area (Å²) in [6, 6.07) is 7.97. The number of nitrogens with zero attached hydrogens (tertiary/aromatic N) is 5. The van der Waals surface area contributed by atoms with Gasteiger partial charge in [-0.05, 0) is 69.1 Å². The highest BCUT2D eigenvalue weighted by Crippen LogP contribution is 2.17. The number of aromatic nitrogens is 5. The van der Waals surface area contributed by atoms with E-state index in [0.29, 0.717) is 18.7 Å². The fourth-order valence-electron chi connectivity index (χ4n) is 4.71. The van der Waals surface area contributed by atoms with Gasteiger partial charge in [-0.25, -0.2) is 4.98 Å². The number of unbranched alkanes of at least 4 members (excludes halogenated alkanes) is 4. The average Bonchev–Trinajstić information content (AvgIpc) is 3.67. The molecule has 1 fully saturated rings. The van der Waals surface area contributed by atoms with Crippen molar-refractivity contribution in [2.75, 3.05) is 24.5 Å². The Labute approximate surface area is 214 Å². The molecule has 2 aromatic heterocycles. The first-order chi connectivity index (χ1) is 17.7. The second kappa shape index (κ2) is 13.8. The Morgan fingerprint density at radius 1 is 1.00 bits per heavy atom. The molecule has 0 aliphatic carbocycles. The normalized spacial score (nSPS) is 13.4. The minimum atomic E-state index is -0.0414. The van der Waals surface area contributed by atoms with Crippen LogP contribution < -0.4 is 10.2 Å². The van der Waals surface area contributed by atoms with Crippen LogP contribution in [0.5, 0.6) is 0 Å². The first-order valence-electron chi connectivity index (χ1n) is 13.8. The number of nitrogens with one attached hydrogen (secondary N) is 2. The van der Waals surface area contributed by atoms with Crippen molar-refractivity contribution in [1.29, 1.82) is 0 Å². The molecule has 0 bridgehead atoms. The van der Waals surface area contributed by atoms with Gasteiger partial charge in [0.15, 0.2) is 0 Å². The molecule has 0 spiro atoms. The summed E-state index contributed by atoms with van der Waals surface area (Å²) in [6.07, 6.45) is 16.6. The zero-order chi connectivity index (χ0) is 25.0. The Balaban J connectivity index is 1.08. The molecule has 3 aromatic rings. The van der Waals surface area contributed by atoms with Crippen LogP contribution in [0.3, 0.4) is 0 Å². The second-order valence-corrected chi connectivity index (χ2v) is 9.87. The van der Waals surface area contributed by atoms with Crippen molar-refractivity contribution in [3.8, 4) is 0 Å². The van der Waals surface area contributed by atoms with Crippen molar-refractivity contribution in [3.63, 3.8) is 0 Å². The summed E-state index contributed by atoms with van der Waals surface area (Å²) >= 11 is 0. The predicted molar refractivity (Wildman–Crippen MR) is 143 cm³/mol. The van der Waals surface area contributed by atoms with Gasteiger partial charge in [0.25, 0.3) is 5.91 Å². The summed E-state index contributed by atoms with van der Waals surface area (Å²) < 4.78 is 1.82. The quantitative estimate of drug-likeness (QED) is 0.300. The van der Waals surface area contributed by atoms with Crippen LogP contribution in [0.1, 0.15) is 85.6 Å². The summed E-state index contributed by atoms with van der Waals surface area (Å²) in [5, 5.41) is 11.5. The van der Waals surface area contributed by atoms with E-state index >= 15 is 0 Å². The molecule has 8 nitrogen and oxygen atoms in total. The number of amides is 1. The van der Waals surface area contributed by atoms with Crippen molar-refractivity contribution in [2.24, 2.45) is 0 Å². The number of H-pyrrole nitrogens is 1. The minimum absolute atomic E-state index is 0.0414. The SMILES string of the molecule is CCCCCc1ccc(C(=O)NCCn2cc(CCCCCc3cnc(N4CCCC4)[nH]3)nn2)cc1. The van der Waals surface area contributed by atoms with Crippen molar-refractivity contribution in [1.82, 2.24) is 30.3 Å². The predicted octanol–water partition coefficient (Wildman–Crippen LogP) is 4.72. The first kappa shape index (κ1) is 25.9. The van der Waals surface area contributed by atoms with Gasteiger partial charge in [0, 0.05) is 37.1 Å². The van der Waals surface area contributed by atoms with Crippen molar-refractivity contribution in [2.45, 2.75) is 84.1 Å². The van der Waals surface area contributed by atoms with Crippen LogP contribution in [0.2, 0.25) is 0 Å². The Bertz CT molecular complexity index is 1050. The van der Waals surface area contributed by atoms with Crippen molar-refractivity contribution >= 4 is 11.9 Å². The molecule has 2 N–H and O–H groups in total. The summed E-state index contributed by atoms with van der Waals surface area (Å²) in [7, 11) is 0. The minimum Gasteiger partial charge on any atom is -0.350 e. The molecule has 3 heterocycles. The molecule has 8 heteroatoms. The summed E-state index contributed by atoms with van der Waals surface area (Å²) in [4.78, 5) is 22.8. The Hall–Kier alpha value is -3.16.